The van der Waals surface area contributed by atoms with Crippen LogP contribution >= 0.6 is 0 Å². The van der Waals surface area contributed by atoms with Gasteiger partial charge in [-0.1, -0.05) is 145 Å². The van der Waals surface area contributed by atoms with Gasteiger partial charge in [-0.25, -0.2) is 0 Å². The molecule has 0 spiro atoms. The van der Waals surface area contributed by atoms with Crippen LogP contribution in [0.3, 0.4) is 0 Å². The Hall–Kier alpha value is -6.52. The number of hydrogen-bond acceptors (Lipinski definition) is 3. The molecule has 0 radical (unpaired) electrons. The summed E-state index contributed by atoms with van der Waals surface area (Å²) in [6.45, 7) is 14.2. The molecule has 12 rings (SSSR count). The van der Waals surface area contributed by atoms with Crippen LogP contribution in [0.2, 0.25) is 0 Å². The van der Waals surface area contributed by atoms with E-state index in [2.05, 4.69) is 203 Å². The topological polar surface area (TPSA) is 19.6 Å². The van der Waals surface area contributed by atoms with E-state index < -0.39 is 0 Å². The second-order valence-corrected chi connectivity index (χ2v) is 20.8. The van der Waals surface area contributed by atoms with Crippen molar-refractivity contribution in [2.24, 2.45) is 0 Å². The van der Waals surface area contributed by atoms with E-state index in [-0.39, 0.29) is 17.7 Å². The molecule has 8 aromatic carbocycles. The Morgan fingerprint density at radius 2 is 1.18 bits per heavy atom. The standard InChI is InChI=1S/C62H59BN2O/c1-7-9-18-40-26-29-44(30-27-40)65-55-39-52-51(61(3,4)34-35-62(52,5)6)38-49(55)50-37-43-22-14-15-23-45(43)59-57(50)63(65)58-54(33-31-47-46-24-16-17-25-56(46)66-60(47)58)64(59)53-32-28-41(19-10-8-2)36-48(53)42-20-12-11-13-21-42/h11-17,20-33,36-39H,7-10,18-19,34-35H2,1-6H3. The Labute approximate surface area is 391 Å². The highest BCUT2D eigenvalue weighted by atomic mass is 16.3. The summed E-state index contributed by atoms with van der Waals surface area (Å²) in [5.74, 6) is 0. The van der Waals surface area contributed by atoms with E-state index in [1.165, 1.54) is 102 Å². The molecule has 66 heavy (non-hydrogen) atoms. The van der Waals surface area contributed by atoms with Gasteiger partial charge < -0.3 is 14.1 Å². The van der Waals surface area contributed by atoms with E-state index in [1.807, 2.05) is 0 Å². The number of rotatable bonds is 9. The molecular formula is C62H59BN2O. The monoisotopic (exact) mass is 858 g/mol. The van der Waals surface area contributed by atoms with Gasteiger partial charge in [0.2, 0.25) is 0 Å². The van der Waals surface area contributed by atoms with Crippen molar-refractivity contribution in [2.75, 3.05) is 9.71 Å². The summed E-state index contributed by atoms with van der Waals surface area (Å²) in [6.07, 6.45) is 9.16. The van der Waals surface area contributed by atoms with E-state index >= 15 is 0 Å². The quantitative estimate of drug-likeness (QED) is 0.135. The molecule has 0 fully saturated rings. The number of unbranched alkanes of at least 4 members (excludes halogenated alkanes) is 2. The lowest BCUT2D eigenvalue weighted by atomic mass is 9.42. The molecule has 0 saturated heterocycles. The lowest BCUT2D eigenvalue weighted by Gasteiger charge is -2.48. The number of aryl methyl sites for hydroxylation is 2. The van der Waals surface area contributed by atoms with E-state index in [0.29, 0.717) is 0 Å². The van der Waals surface area contributed by atoms with Crippen LogP contribution in [0.25, 0.3) is 55.0 Å². The van der Waals surface area contributed by atoms with Crippen LogP contribution in [-0.4, -0.2) is 6.85 Å². The van der Waals surface area contributed by atoms with Crippen molar-refractivity contribution in [3.63, 3.8) is 0 Å². The van der Waals surface area contributed by atoms with Crippen molar-refractivity contribution in [2.45, 2.75) is 104 Å². The summed E-state index contributed by atoms with van der Waals surface area (Å²) in [6, 6.07) is 58.1. The maximum Gasteiger partial charge on any atom is 0.336 e. The molecule has 1 aromatic heterocycles. The van der Waals surface area contributed by atoms with Gasteiger partial charge in [-0.05, 0) is 154 Å². The van der Waals surface area contributed by atoms with Crippen LogP contribution in [-0.2, 0) is 23.7 Å². The van der Waals surface area contributed by atoms with Crippen LogP contribution < -0.4 is 20.6 Å². The summed E-state index contributed by atoms with van der Waals surface area (Å²) < 4.78 is 7.25. The number of furan rings is 1. The fraction of sp³-hybridized carbons (Fsp3) is 0.258. The van der Waals surface area contributed by atoms with E-state index in [4.69, 9.17) is 4.42 Å². The first-order valence-corrected chi connectivity index (χ1v) is 24.7. The zero-order valence-electron chi connectivity index (χ0n) is 39.5. The van der Waals surface area contributed by atoms with Gasteiger partial charge >= 0.3 is 6.85 Å². The van der Waals surface area contributed by atoms with Crippen molar-refractivity contribution >= 4 is 78.9 Å². The average molecular weight is 859 g/mol. The fourth-order valence-electron chi connectivity index (χ4n) is 11.9. The van der Waals surface area contributed by atoms with Crippen LogP contribution in [0.1, 0.15) is 102 Å². The Bertz CT molecular complexity index is 3360. The SMILES string of the molecule is CCCCc1ccc(N2B3c4c(cc5ccccc5c4N(c4ccc(CCCC)cc4-c4ccccc4)c4ccc5c(oc6ccccc65)c43)-c3cc4c(cc32)C(C)(C)CCC4(C)C)cc1. The minimum atomic E-state index is -0.189. The van der Waals surface area contributed by atoms with Gasteiger partial charge in [-0.15, -0.1) is 0 Å². The molecule has 0 unspecified atom stereocenters. The Morgan fingerprint density at radius 1 is 0.530 bits per heavy atom. The van der Waals surface area contributed by atoms with Crippen LogP contribution in [0.4, 0.5) is 28.4 Å². The third-order valence-corrected chi connectivity index (χ3v) is 15.7. The van der Waals surface area contributed by atoms with Gasteiger partial charge in [-0.2, -0.15) is 0 Å². The van der Waals surface area contributed by atoms with Crippen molar-refractivity contribution in [3.8, 4) is 22.3 Å². The smallest absolute Gasteiger partial charge is 0.336 e. The number of fused-ring (bicyclic) bond motifs is 11. The number of anilines is 5. The lowest BCUT2D eigenvalue weighted by Crippen LogP contribution is -2.62. The Kier molecular flexibility index (Phi) is 9.65. The predicted octanol–water partition coefficient (Wildman–Crippen LogP) is 16.1. The zero-order chi connectivity index (χ0) is 44.9. The van der Waals surface area contributed by atoms with Crippen molar-refractivity contribution in [1.29, 1.82) is 0 Å². The molecule has 4 heteroatoms. The molecule has 0 bridgehead atoms. The maximum atomic E-state index is 7.25. The first kappa shape index (κ1) is 41.0. The van der Waals surface area contributed by atoms with Crippen LogP contribution in [0.5, 0.6) is 0 Å². The molecule has 3 heterocycles. The third kappa shape index (κ3) is 6.31. The summed E-state index contributed by atoms with van der Waals surface area (Å²) in [4.78, 5) is 5.35. The van der Waals surface area contributed by atoms with Gasteiger partial charge in [0.05, 0.1) is 11.4 Å². The van der Waals surface area contributed by atoms with Crippen molar-refractivity contribution in [3.05, 3.63) is 174 Å². The van der Waals surface area contributed by atoms with Crippen LogP contribution in [0.15, 0.2) is 156 Å². The Balaban J connectivity index is 1.25. The summed E-state index contributed by atoms with van der Waals surface area (Å²) >= 11 is 0. The summed E-state index contributed by atoms with van der Waals surface area (Å²) in [5.41, 5.74) is 21.4. The first-order valence-electron chi connectivity index (χ1n) is 24.7. The highest BCUT2D eigenvalue weighted by Gasteiger charge is 2.49. The number of hydrogen-bond donors (Lipinski definition) is 0. The number of nitrogens with zero attached hydrogens (tertiary/aromatic N) is 2. The first-order chi connectivity index (χ1) is 32.1. The lowest BCUT2D eigenvalue weighted by molar-refractivity contribution is 0.332. The summed E-state index contributed by atoms with van der Waals surface area (Å²) in [5, 5.41) is 4.81. The van der Waals surface area contributed by atoms with Gasteiger partial charge in [-0.3, -0.25) is 0 Å². The molecule has 326 valence electrons. The minimum Gasteiger partial charge on any atom is -0.456 e. The van der Waals surface area contributed by atoms with Gasteiger partial charge in [0.25, 0.3) is 0 Å². The highest BCUT2D eigenvalue weighted by Crippen LogP contribution is 2.55. The Morgan fingerprint density at radius 3 is 1.94 bits per heavy atom. The molecule has 1 aliphatic carbocycles. The predicted molar refractivity (Wildman–Crippen MR) is 283 cm³/mol. The molecule has 3 nitrogen and oxygen atoms in total. The average Bonchev–Trinajstić information content (AvgIpc) is 3.73. The second kappa shape index (κ2) is 15.5. The highest BCUT2D eigenvalue weighted by molar-refractivity contribution is 6.95. The van der Waals surface area contributed by atoms with E-state index in [0.717, 1.165) is 66.2 Å². The normalized spacial score (nSPS) is 15.5. The molecule has 0 amide bonds. The molecule has 0 atom stereocenters. The van der Waals surface area contributed by atoms with Gasteiger partial charge in [0.1, 0.15) is 11.2 Å². The largest absolute Gasteiger partial charge is 0.456 e. The number of benzene rings is 8. The van der Waals surface area contributed by atoms with Crippen molar-refractivity contribution < 1.29 is 4.42 Å². The third-order valence-electron chi connectivity index (χ3n) is 15.7. The second-order valence-electron chi connectivity index (χ2n) is 20.8. The zero-order valence-corrected chi connectivity index (χ0v) is 39.5. The molecule has 2 aliphatic heterocycles. The fourth-order valence-corrected chi connectivity index (χ4v) is 11.9. The molecule has 9 aromatic rings. The minimum absolute atomic E-state index is 0.0365. The van der Waals surface area contributed by atoms with Gasteiger partial charge in [0, 0.05) is 49.8 Å². The molecular weight excluding hydrogens is 800 g/mol. The maximum absolute atomic E-state index is 7.25. The van der Waals surface area contributed by atoms with Gasteiger partial charge in [0.15, 0.2) is 0 Å². The van der Waals surface area contributed by atoms with E-state index in [9.17, 15) is 0 Å². The van der Waals surface area contributed by atoms with E-state index in [1.54, 1.807) is 0 Å². The van der Waals surface area contributed by atoms with Crippen LogP contribution in [0, 0.1) is 0 Å². The summed E-state index contributed by atoms with van der Waals surface area (Å²) in [7, 11) is 0. The molecule has 0 saturated carbocycles. The number of para-hydroxylation sites is 1. The molecule has 0 N–H and O–H groups in total. The molecule has 3 aliphatic rings. The van der Waals surface area contributed by atoms with Crippen molar-refractivity contribution in [1.82, 2.24) is 0 Å².